The maximum Gasteiger partial charge on any atom is 0.127 e. The van der Waals surface area contributed by atoms with Gasteiger partial charge in [-0.05, 0) is 59.7 Å². The lowest BCUT2D eigenvalue weighted by atomic mass is 10.0. The molecule has 3 aromatic carbocycles. The maximum atomic E-state index is 13.0. The number of allylic oxidation sites excluding steroid dienone is 1. The van der Waals surface area contributed by atoms with Gasteiger partial charge in [-0.1, -0.05) is 30.3 Å². The SMILES string of the molecule is COc1ccc(/C(C#N)=C/c2ccccc2OCc2ccc(F)cc2)cc1. The Labute approximate surface area is 157 Å². The van der Waals surface area contributed by atoms with Crippen molar-refractivity contribution < 1.29 is 13.9 Å². The molecule has 3 nitrogen and oxygen atoms in total. The standard InChI is InChI=1S/C23H18FNO2/c1-26-22-12-8-18(9-13-22)20(15-25)14-19-4-2-3-5-23(19)27-16-17-6-10-21(24)11-7-17/h2-14H,16H2,1H3/b20-14+. The number of benzene rings is 3. The Balaban J connectivity index is 1.83. The zero-order valence-electron chi connectivity index (χ0n) is 14.9. The predicted octanol–water partition coefficient (Wildman–Crippen LogP) is 5.48. The molecule has 0 unspecified atom stereocenters. The van der Waals surface area contributed by atoms with Crippen LogP contribution in [0, 0.1) is 17.1 Å². The molecule has 0 heterocycles. The van der Waals surface area contributed by atoms with Crippen LogP contribution in [-0.2, 0) is 6.61 Å². The molecule has 0 aromatic heterocycles. The zero-order valence-corrected chi connectivity index (χ0v) is 14.9. The topological polar surface area (TPSA) is 42.2 Å². The van der Waals surface area contributed by atoms with Crippen LogP contribution in [0.5, 0.6) is 11.5 Å². The number of hydrogen-bond acceptors (Lipinski definition) is 3. The van der Waals surface area contributed by atoms with Gasteiger partial charge in [-0.15, -0.1) is 0 Å². The van der Waals surface area contributed by atoms with E-state index in [-0.39, 0.29) is 5.82 Å². The smallest absolute Gasteiger partial charge is 0.127 e. The minimum Gasteiger partial charge on any atom is -0.497 e. The van der Waals surface area contributed by atoms with Gasteiger partial charge < -0.3 is 9.47 Å². The Kier molecular flexibility index (Phi) is 5.86. The van der Waals surface area contributed by atoms with E-state index in [1.54, 1.807) is 25.3 Å². The van der Waals surface area contributed by atoms with Gasteiger partial charge >= 0.3 is 0 Å². The summed E-state index contributed by atoms with van der Waals surface area (Å²) in [5, 5.41) is 9.57. The Bertz CT molecular complexity index is 971. The van der Waals surface area contributed by atoms with E-state index in [4.69, 9.17) is 9.47 Å². The highest BCUT2D eigenvalue weighted by molar-refractivity contribution is 5.90. The summed E-state index contributed by atoms with van der Waals surface area (Å²) in [6.07, 6.45) is 1.79. The van der Waals surface area contributed by atoms with Crippen molar-refractivity contribution >= 4 is 11.6 Å². The molecule has 0 spiro atoms. The van der Waals surface area contributed by atoms with Gasteiger partial charge in [-0.2, -0.15) is 5.26 Å². The van der Waals surface area contributed by atoms with Crippen molar-refractivity contribution in [1.29, 1.82) is 5.26 Å². The molecule has 0 saturated carbocycles. The largest absolute Gasteiger partial charge is 0.497 e. The molecule has 3 rings (SSSR count). The summed E-state index contributed by atoms with van der Waals surface area (Å²) in [4.78, 5) is 0. The number of para-hydroxylation sites is 1. The van der Waals surface area contributed by atoms with Gasteiger partial charge in [0.1, 0.15) is 23.9 Å². The monoisotopic (exact) mass is 359 g/mol. The van der Waals surface area contributed by atoms with E-state index in [0.29, 0.717) is 17.9 Å². The van der Waals surface area contributed by atoms with Crippen molar-refractivity contribution in [3.05, 3.63) is 95.3 Å². The molecule has 0 atom stereocenters. The van der Waals surface area contributed by atoms with E-state index < -0.39 is 0 Å². The highest BCUT2D eigenvalue weighted by Crippen LogP contribution is 2.26. The second kappa shape index (κ2) is 8.68. The first kappa shape index (κ1) is 18.2. The van der Waals surface area contributed by atoms with Gasteiger partial charge in [0.25, 0.3) is 0 Å². The van der Waals surface area contributed by atoms with E-state index in [1.807, 2.05) is 48.5 Å². The van der Waals surface area contributed by atoms with Crippen LogP contribution >= 0.6 is 0 Å². The van der Waals surface area contributed by atoms with Crippen molar-refractivity contribution in [2.45, 2.75) is 6.61 Å². The average Bonchev–Trinajstić information content (AvgIpc) is 2.72. The third-order valence-corrected chi connectivity index (χ3v) is 4.05. The molecule has 0 aliphatic rings. The number of methoxy groups -OCH3 is 1. The van der Waals surface area contributed by atoms with Crippen LogP contribution in [-0.4, -0.2) is 7.11 Å². The van der Waals surface area contributed by atoms with Crippen molar-refractivity contribution in [2.75, 3.05) is 7.11 Å². The van der Waals surface area contributed by atoms with Gasteiger partial charge in [0.15, 0.2) is 0 Å². The van der Waals surface area contributed by atoms with E-state index >= 15 is 0 Å². The lowest BCUT2D eigenvalue weighted by Gasteiger charge is -2.10. The first-order valence-electron chi connectivity index (χ1n) is 8.42. The van der Waals surface area contributed by atoms with Crippen molar-refractivity contribution in [3.8, 4) is 17.6 Å². The molecule has 0 aliphatic carbocycles. The highest BCUT2D eigenvalue weighted by atomic mass is 19.1. The molecule has 4 heteroatoms. The molecule has 0 amide bonds. The zero-order chi connectivity index (χ0) is 19.1. The van der Waals surface area contributed by atoms with E-state index in [0.717, 1.165) is 22.4 Å². The molecule has 0 saturated heterocycles. The third-order valence-electron chi connectivity index (χ3n) is 4.05. The average molecular weight is 359 g/mol. The summed E-state index contributed by atoms with van der Waals surface area (Å²) in [5.41, 5.74) is 2.99. The van der Waals surface area contributed by atoms with Gasteiger partial charge in [-0.3, -0.25) is 0 Å². The van der Waals surface area contributed by atoms with Crippen LogP contribution in [0.15, 0.2) is 72.8 Å². The fraction of sp³-hybridized carbons (Fsp3) is 0.0870. The molecule has 0 fully saturated rings. The number of rotatable bonds is 6. The van der Waals surface area contributed by atoms with Crippen LogP contribution in [0.2, 0.25) is 0 Å². The normalized spacial score (nSPS) is 10.9. The number of nitrogens with zero attached hydrogens (tertiary/aromatic N) is 1. The van der Waals surface area contributed by atoms with Crippen LogP contribution in [0.4, 0.5) is 4.39 Å². The fourth-order valence-corrected chi connectivity index (χ4v) is 2.58. The molecule has 0 N–H and O–H groups in total. The Hall–Kier alpha value is -3.58. The maximum absolute atomic E-state index is 13.0. The Morgan fingerprint density at radius 3 is 2.37 bits per heavy atom. The quantitative estimate of drug-likeness (QED) is 0.432. The molecular weight excluding hydrogens is 341 g/mol. The number of ether oxygens (including phenoxy) is 2. The lowest BCUT2D eigenvalue weighted by Crippen LogP contribution is -1.97. The second-order valence-corrected chi connectivity index (χ2v) is 5.85. The molecule has 3 aromatic rings. The van der Waals surface area contributed by atoms with Crippen LogP contribution in [0.3, 0.4) is 0 Å². The number of hydrogen-bond donors (Lipinski definition) is 0. The van der Waals surface area contributed by atoms with Crippen molar-refractivity contribution in [2.24, 2.45) is 0 Å². The van der Waals surface area contributed by atoms with Gasteiger partial charge in [-0.25, -0.2) is 4.39 Å². The molecule has 0 aliphatic heterocycles. The Morgan fingerprint density at radius 1 is 1.00 bits per heavy atom. The summed E-state index contributed by atoms with van der Waals surface area (Å²) in [6.45, 7) is 0.315. The molecule has 0 bridgehead atoms. The first-order chi connectivity index (χ1) is 13.2. The van der Waals surface area contributed by atoms with Gasteiger partial charge in [0.05, 0.1) is 18.8 Å². The first-order valence-corrected chi connectivity index (χ1v) is 8.42. The molecule has 27 heavy (non-hydrogen) atoms. The summed E-state index contributed by atoms with van der Waals surface area (Å²) < 4.78 is 24.1. The fourth-order valence-electron chi connectivity index (χ4n) is 2.58. The van der Waals surface area contributed by atoms with Crippen LogP contribution in [0.25, 0.3) is 11.6 Å². The van der Waals surface area contributed by atoms with E-state index in [9.17, 15) is 9.65 Å². The van der Waals surface area contributed by atoms with Crippen molar-refractivity contribution in [1.82, 2.24) is 0 Å². The predicted molar refractivity (Wildman–Crippen MR) is 104 cm³/mol. The van der Waals surface area contributed by atoms with Gasteiger partial charge in [0, 0.05) is 5.56 Å². The second-order valence-electron chi connectivity index (χ2n) is 5.85. The summed E-state index contributed by atoms with van der Waals surface area (Å²) in [7, 11) is 1.60. The summed E-state index contributed by atoms with van der Waals surface area (Å²) in [5.74, 6) is 1.11. The van der Waals surface area contributed by atoms with E-state index in [2.05, 4.69) is 6.07 Å². The highest BCUT2D eigenvalue weighted by Gasteiger charge is 2.06. The van der Waals surface area contributed by atoms with Crippen molar-refractivity contribution in [3.63, 3.8) is 0 Å². The lowest BCUT2D eigenvalue weighted by molar-refractivity contribution is 0.305. The van der Waals surface area contributed by atoms with Crippen LogP contribution in [0.1, 0.15) is 16.7 Å². The number of halogens is 1. The minimum absolute atomic E-state index is 0.278. The third kappa shape index (κ3) is 4.74. The molecule has 134 valence electrons. The van der Waals surface area contributed by atoms with Crippen LogP contribution < -0.4 is 9.47 Å². The van der Waals surface area contributed by atoms with E-state index in [1.165, 1.54) is 12.1 Å². The molecule has 0 radical (unpaired) electrons. The molecular formula is C23H18FNO2. The number of nitriles is 1. The van der Waals surface area contributed by atoms with Gasteiger partial charge in [0.2, 0.25) is 0 Å². The Morgan fingerprint density at radius 2 is 1.70 bits per heavy atom. The summed E-state index contributed by atoms with van der Waals surface area (Å²) >= 11 is 0. The minimum atomic E-state index is -0.278. The summed E-state index contributed by atoms with van der Waals surface area (Å²) in [6, 6.07) is 23.2.